The molecule has 0 aliphatic carbocycles. The zero-order valence-electron chi connectivity index (χ0n) is 12.4. The van der Waals surface area contributed by atoms with E-state index in [4.69, 9.17) is 19.7 Å². The zero-order chi connectivity index (χ0) is 16.1. The summed E-state index contributed by atoms with van der Waals surface area (Å²) < 4.78 is 15.5. The van der Waals surface area contributed by atoms with Crippen LogP contribution < -0.4 is 20.8 Å². The smallest absolute Gasteiger partial charge is 0.256 e. The van der Waals surface area contributed by atoms with Gasteiger partial charge in [0.25, 0.3) is 5.56 Å². The summed E-state index contributed by atoms with van der Waals surface area (Å²) in [4.78, 5) is 18.6. The highest BCUT2D eigenvalue weighted by Gasteiger charge is 2.12. The molecule has 0 bridgehead atoms. The predicted octanol–water partition coefficient (Wildman–Crippen LogP) is 1.40. The van der Waals surface area contributed by atoms with Crippen molar-refractivity contribution in [1.82, 2.24) is 9.97 Å². The zero-order valence-corrected chi connectivity index (χ0v) is 13.5. The largest absolute Gasteiger partial charge is 0.496 e. The molecule has 1 aromatic carbocycles. The molecule has 1 aromatic heterocycles. The Morgan fingerprint density at radius 2 is 2.18 bits per heavy atom. The summed E-state index contributed by atoms with van der Waals surface area (Å²) in [5.41, 5.74) is 7.27. The van der Waals surface area contributed by atoms with Gasteiger partial charge in [0.15, 0.2) is 6.79 Å². The topological polar surface area (TPSA) is 99.5 Å². The number of nitrogens with one attached hydrogen (secondary N) is 1. The summed E-state index contributed by atoms with van der Waals surface area (Å²) in [6.07, 6.45) is 0.387. The van der Waals surface area contributed by atoms with Crippen LogP contribution in [0.25, 0.3) is 0 Å². The van der Waals surface area contributed by atoms with E-state index in [0.717, 1.165) is 5.56 Å². The van der Waals surface area contributed by atoms with E-state index in [-0.39, 0.29) is 18.3 Å². The Morgan fingerprint density at radius 1 is 1.41 bits per heavy atom. The van der Waals surface area contributed by atoms with Crippen molar-refractivity contribution in [3.05, 3.63) is 45.4 Å². The van der Waals surface area contributed by atoms with Crippen molar-refractivity contribution in [2.45, 2.75) is 13.3 Å². The second kappa shape index (κ2) is 7.24. The first-order valence-electron chi connectivity index (χ1n) is 6.51. The number of rotatable bonds is 6. The molecule has 22 heavy (non-hydrogen) atoms. The number of hydrogen-bond donors (Lipinski definition) is 2. The molecule has 0 aliphatic heterocycles. The molecule has 1 heterocycles. The van der Waals surface area contributed by atoms with Crippen LogP contribution >= 0.6 is 9.47 Å². The van der Waals surface area contributed by atoms with Crippen molar-refractivity contribution in [2.75, 3.05) is 19.6 Å². The Labute approximate surface area is 130 Å². The van der Waals surface area contributed by atoms with Gasteiger partial charge in [-0.3, -0.25) is 9.78 Å². The number of H-pyrrole nitrogens is 1. The third-order valence-electron chi connectivity index (χ3n) is 3.16. The molecule has 118 valence electrons. The Kier molecular flexibility index (Phi) is 5.35. The fourth-order valence-corrected chi connectivity index (χ4v) is 2.16. The first kappa shape index (κ1) is 16.3. The Morgan fingerprint density at radius 3 is 2.82 bits per heavy atom. The molecular weight excluding hydrogens is 305 g/mol. The van der Waals surface area contributed by atoms with Crippen LogP contribution in [0.3, 0.4) is 0 Å². The third-order valence-corrected chi connectivity index (χ3v) is 3.30. The van der Waals surface area contributed by atoms with E-state index in [1.54, 1.807) is 26.2 Å². The van der Waals surface area contributed by atoms with Crippen LogP contribution in [-0.2, 0) is 10.9 Å². The molecule has 1 atom stereocenters. The number of nitrogens with two attached hydrogens (primary N) is 1. The molecular formula is C14H18N3O4P. The molecule has 0 amide bonds. The highest BCUT2D eigenvalue weighted by atomic mass is 31.0. The molecule has 8 heteroatoms. The van der Waals surface area contributed by atoms with Gasteiger partial charge in [0.1, 0.15) is 11.5 Å². The monoisotopic (exact) mass is 323 g/mol. The van der Waals surface area contributed by atoms with E-state index in [1.807, 2.05) is 6.07 Å². The average molecular weight is 323 g/mol. The predicted molar refractivity (Wildman–Crippen MR) is 86.1 cm³/mol. The average Bonchev–Trinajstić information content (AvgIpc) is 2.49. The molecule has 0 radical (unpaired) electrons. The van der Waals surface area contributed by atoms with E-state index < -0.39 is 0 Å². The molecule has 0 saturated carbocycles. The maximum absolute atomic E-state index is 12.0. The van der Waals surface area contributed by atoms with Crippen molar-refractivity contribution < 1.29 is 14.0 Å². The number of aryl methyl sites for hydroxylation is 1. The number of nitrogen functional groups attached to an aromatic ring is 1. The fourth-order valence-electron chi connectivity index (χ4n) is 2.09. The Balaban J connectivity index is 2.32. The lowest BCUT2D eigenvalue weighted by atomic mass is 10.0. The first-order chi connectivity index (χ1) is 10.5. The van der Waals surface area contributed by atoms with Gasteiger partial charge in [0.05, 0.1) is 12.8 Å². The van der Waals surface area contributed by atoms with Crippen LogP contribution in [0.1, 0.15) is 16.8 Å². The van der Waals surface area contributed by atoms with E-state index in [1.165, 1.54) is 0 Å². The SMILES string of the molecule is COc1cc(OCOP)ccc1Cc1c(C)nc(N)[nH]c1=O. The van der Waals surface area contributed by atoms with Gasteiger partial charge in [0, 0.05) is 27.5 Å². The minimum Gasteiger partial charge on any atom is -0.496 e. The minimum atomic E-state index is -0.246. The highest BCUT2D eigenvalue weighted by Crippen LogP contribution is 2.26. The van der Waals surface area contributed by atoms with Crippen LogP contribution in [0.5, 0.6) is 11.5 Å². The van der Waals surface area contributed by atoms with E-state index >= 15 is 0 Å². The Hall–Kier alpha value is -2.11. The fraction of sp³-hybridized carbons (Fsp3) is 0.286. The maximum atomic E-state index is 12.0. The summed E-state index contributed by atoms with van der Waals surface area (Å²) in [5.74, 6) is 1.35. The van der Waals surface area contributed by atoms with Gasteiger partial charge in [-0.15, -0.1) is 0 Å². The molecule has 3 N–H and O–H groups in total. The number of aromatic nitrogens is 2. The van der Waals surface area contributed by atoms with Gasteiger partial charge >= 0.3 is 0 Å². The van der Waals surface area contributed by atoms with Crippen molar-refractivity contribution in [3.63, 3.8) is 0 Å². The Bertz CT molecular complexity index is 718. The number of anilines is 1. The van der Waals surface area contributed by atoms with Crippen LogP contribution in [0.2, 0.25) is 0 Å². The molecule has 1 unspecified atom stereocenters. The quantitative estimate of drug-likeness (QED) is 0.616. The standard InChI is InChI=1S/C14H18N3O4P/c1-8-11(13(18)17-14(15)16-8)5-9-3-4-10(20-7-21-22)6-12(9)19-2/h3-4,6H,5,7,22H2,1-2H3,(H3,15,16,17,18). The first-order valence-corrected chi connectivity index (χ1v) is 6.99. The second-order valence-electron chi connectivity index (χ2n) is 4.59. The van der Waals surface area contributed by atoms with Crippen molar-refractivity contribution in [1.29, 1.82) is 0 Å². The van der Waals surface area contributed by atoms with Gasteiger partial charge in [-0.25, -0.2) is 4.98 Å². The second-order valence-corrected chi connectivity index (χ2v) is 4.93. The van der Waals surface area contributed by atoms with Gasteiger partial charge in [-0.05, 0) is 18.6 Å². The molecule has 2 aromatic rings. The molecule has 0 saturated heterocycles. The highest BCUT2D eigenvalue weighted by molar-refractivity contribution is 7.09. The van der Waals surface area contributed by atoms with Crippen LogP contribution in [0, 0.1) is 6.92 Å². The summed E-state index contributed by atoms with van der Waals surface area (Å²) in [7, 11) is 3.67. The number of methoxy groups -OCH3 is 1. The van der Waals surface area contributed by atoms with Crippen molar-refractivity contribution >= 4 is 15.4 Å². The number of hydrogen-bond acceptors (Lipinski definition) is 6. The third kappa shape index (κ3) is 3.75. The van der Waals surface area contributed by atoms with Crippen molar-refractivity contribution in [3.8, 4) is 11.5 Å². The lowest BCUT2D eigenvalue weighted by molar-refractivity contribution is 0.140. The summed E-state index contributed by atoms with van der Waals surface area (Å²) in [6, 6.07) is 5.37. The van der Waals surface area contributed by atoms with Gasteiger partial charge in [0.2, 0.25) is 5.95 Å². The number of ether oxygens (including phenoxy) is 2. The van der Waals surface area contributed by atoms with Crippen LogP contribution in [0.15, 0.2) is 23.0 Å². The normalized spacial score (nSPS) is 10.5. The molecule has 2 rings (SSSR count). The lowest BCUT2D eigenvalue weighted by Crippen LogP contribution is -2.19. The molecule has 0 spiro atoms. The summed E-state index contributed by atoms with van der Waals surface area (Å²) in [5, 5.41) is 0. The minimum absolute atomic E-state index is 0.111. The van der Waals surface area contributed by atoms with E-state index in [2.05, 4.69) is 19.4 Å². The van der Waals surface area contributed by atoms with Crippen molar-refractivity contribution in [2.24, 2.45) is 0 Å². The van der Waals surface area contributed by atoms with E-state index in [9.17, 15) is 4.79 Å². The number of nitrogens with zero attached hydrogens (tertiary/aromatic N) is 1. The van der Waals surface area contributed by atoms with Gasteiger partial charge in [-0.1, -0.05) is 6.07 Å². The van der Waals surface area contributed by atoms with Crippen LogP contribution in [0.4, 0.5) is 5.95 Å². The summed E-state index contributed by atoms with van der Waals surface area (Å²) in [6.45, 7) is 1.87. The maximum Gasteiger partial charge on any atom is 0.256 e. The van der Waals surface area contributed by atoms with Gasteiger partial charge in [-0.2, -0.15) is 0 Å². The lowest BCUT2D eigenvalue weighted by Gasteiger charge is -2.12. The number of aromatic amines is 1. The number of benzene rings is 1. The van der Waals surface area contributed by atoms with E-state index in [0.29, 0.717) is 29.2 Å². The molecule has 0 fully saturated rings. The van der Waals surface area contributed by atoms with Gasteiger partial charge < -0.3 is 19.7 Å². The van der Waals surface area contributed by atoms with Crippen LogP contribution in [-0.4, -0.2) is 23.9 Å². The summed E-state index contributed by atoms with van der Waals surface area (Å²) >= 11 is 0. The molecule has 0 aliphatic rings. The molecule has 7 nitrogen and oxygen atoms in total.